The van der Waals surface area contributed by atoms with Crippen LogP contribution in [0.4, 0.5) is 0 Å². The maximum Gasteiger partial charge on any atom is 0.165 e. The van der Waals surface area contributed by atoms with Crippen molar-refractivity contribution >= 4 is 16.3 Å². The molecule has 5 heteroatoms. The van der Waals surface area contributed by atoms with Crippen molar-refractivity contribution in [2.45, 2.75) is 6.92 Å². The molecule has 0 unspecified atom stereocenters. The van der Waals surface area contributed by atoms with Gasteiger partial charge in [-0.1, -0.05) is 128 Å². The lowest BCUT2D eigenvalue weighted by Crippen LogP contribution is -2.02. The fourth-order valence-corrected chi connectivity index (χ4v) is 4.73. The van der Waals surface area contributed by atoms with E-state index in [2.05, 4.69) is 41.0 Å². The predicted octanol–water partition coefficient (Wildman–Crippen LogP) is 8.63. The number of aromatic nitrogens is 5. The number of nitrogens with zero attached hydrogens (tertiary/aromatic N) is 5. The summed E-state index contributed by atoms with van der Waals surface area (Å²) in [6, 6.07) is 36.4. The molecule has 5 nitrogen and oxygen atoms in total. The number of fused-ring (bicyclic) bond motifs is 1. The molecule has 4 aromatic carbocycles. The first-order chi connectivity index (χ1) is 20.2. The molecule has 0 saturated heterocycles. The molecule has 6 rings (SSSR count). The zero-order valence-corrected chi connectivity index (χ0v) is 22.6. The topological polar surface area (TPSA) is 64.5 Å². The fourth-order valence-electron chi connectivity index (χ4n) is 4.73. The molecule has 0 N–H and O–H groups in total. The van der Waals surface area contributed by atoms with Crippen molar-refractivity contribution in [3.05, 3.63) is 146 Å². The average Bonchev–Trinajstić information content (AvgIpc) is 3.05. The smallest absolute Gasteiger partial charge is 0.165 e. The first-order valence-corrected chi connectivity index (χ1v) is 13.4. The summed E-state index contributed by atoms with van der Waals surface area (Å²) in [6.07, 6.45) is 7.68. The first kappa shape index (κ1) is 25.7. The van der Waals surface area contributed by atoms with Crippen LogP contribution in [0.5, 0.6) is 0 Å². The van der Waals surface area contributed by atoms with Gasteiger partial charge in [-0.2, -0.15) is 0 Å². The zero-order chi connectivity index (χ0) is 28.0. The molecule has 0 aliphatic rings. The Bertz CT molecular complexity index is 1830. The zero-order valence-electron chi connectivity index (χ0n) is 22.6. The van der Waals surface area contributed by atoms with E-state index >= 15 is 0 Å². The number of allylic oxidation sites excluding steroid dienone is 5. The lowest BCUT2D eigenvalue weighted by Gasteiger charge is -2.14. The van der Waals surface area contributed by atoms with Gasteiger partial charge in [-0.15, -0.1) is 10.2 Å². The molecular formula is C36H27N5. The summed E-state index contributed by atoms with van der Waals surface area (Å²) in [4.78, 5) is 14.9. The van der Waals surface area contributed by atoms with Crippen LogP contribution in [0.2, 0.25) is 0 Å². The molecule has 0 aliphatic carbocycles. The fraction of sp³-hybridized carbons (Fsp3) is 0.0278. The summed E-state index contributed by atoms with van der Waals surface area (Å²) in [5, 5.41) is 11.3. The van der Waals surface area contributed by atoms with E-state index in [1.165, 1.54) is 0 Å². The average molecular weight is 530 g/mol. The summed E-state index contributed by atoms with van der Waals surface area (Å²) in [6.45, 7) is 5.91. The van der Waals surface area contributed by atoms with Crippen LogP contribution >= 0.6 is 0 Å². The lowest BCUT2D eigenvalue weighted by atomic mass is 9.96. The van der Waals surface area contributed by atoms with Crippen LogP contribution < -0.4 is 0 Å². The molecule has 6 aromatic rings. The molecular weight excluding hydrogens is 502 g/mol. The Hall–Kier alpha value is -5.55. The second-order valence-corrected chi connectivity index (χ2v) is 9.40. The van der Waals surface area contributed by atoms with E-state index < -0.39 is 0 Å². The third-order valence-electron chi connectivity index (χ3n) is 6.78. The molecule has 2 aromatic heterocycles. The van der Waals surface area contributed by atoms with Crippen LogP contribution in [-0.2, 0) is 0 Å². The summed E-state index contributed by atoms with van der Waals surface area (Å²) < 4.78 is 0. The third-order valence-corrected chi connectivity index (χ3v) is 6.78. The Kier molecular flexibility index (Phi) is 7.32. The van der Waals surface area contributed by atoms with Crippen molar-refractivity contribution < 1.29 is 0 Å². The molecule has 0 saturated carbocycles. The highest BCUT2D eigenvalue weighted by molar-refractivity contribution is 6.02. The van der Waals surface area contributed by atoms with Gasteiger partial charge in [0.15, 0.2) is 17.5 Å². The second-order valence-electron chi connectivity index (χ2n) is 9.40. The van der Waals surface area contributed by atoms with E-state index in [1.807, 2.05) is 110 Å². The highest BCUT2D eigenvalue weighted by atomic mass is 15.1. The van der Waals surface area contributed by atoms with Gasteiger partial charge in [0.25, 0.3) is 0 Å². The quantitative estimate of drug-likeness (QED) is 0.194. The molecule has 0 aliphatic heterocycles. The summed E-state index contributed by atoms with van der Waals surface area (Å²) in [5.41, 5.74) is 6.00. The van der Waals surface area contributed by atoms with Crippen LogP contribution in [0, 0.1) is 0 Å². The maximum absolute atomic E-state index is 5.03. The molecule has 0 bridgehead atoms. The van der Waals surface area contributed by atoms with Crippen LogP contribution in [0.3, 0.4) is 0 Å². The van der Waals surface area contributed by atoms with E-state index in [4.69, 9.17) is 15.0 Å². The Morgan fingerprint density at radius 3 is 1.88 bits per heavy atom. The second kappa shape index (κ2) is 11.7. The minimum absolute atomic E-state index is 0.579. The monoisotopic (exact) mass is 529 g/mol. The van der Waals surface area contributed by atoms with Gasteiger partial charge in [0.1, 0.15) is 0 Å². The predicted molar refractivity (Wildman–Crippen MR) is 168 cm³/mol. The lowest BCUT2D eigenvalue weighted by molar-refractivity contribution is 1.02. The van der Waals surface area contributed by atoms with E-state index in [0.717, 1.165) is 50.0 Å². The van der Waals surface area contributed by atoms with Gasteiger partial charge >= 0.3 is 0 Å². The summed E-state index contributed by atoms with van der Waals surface area (Å²) >= 11 is 0. The normalized spacial score (nSPS) is 11.7. The van der Waals surface area contributed by atoms with Crippen molar-refractivity contribution in [2.24, 2.45) is 0 Å². The number of hydrogen-bond acceptors (Lipinski definition) is 5. The van der Waals surface area contributed by atoms with Gasteiger partial charge in [-0.05, 0) is 29.8 Å². The Morgan fingerprint density at radius 2 is 1.27 bits per heavy atom. The van der Waals surface area contributed by atoms with Gasteiger partial charge in [0, 0.05) is 27.8 Å². The third kappa shape index (κ3) is 5.34. The van der Waals surface area contributed by atoms with Crippen molar-refractivity contribution in [3.63, 3.8) is 0 Å². The van der Waals surface area contributed by atoms with Crippen LogP contribution in [0.15, 0.2) is 140 Å². The highest BCUT2D eigenvalue weighted by Crippen LogP contribution is 2.37. The number of hydrogen-bond donors (Lipinski definition) is 0. The highest BCUT2D eigenvalue weighted by Gasteiger charge is 2.19. The van der Waals surface area contributed by atoms with Crippen molar-refractivity contribution in [3.8, 4) is 45.4 Å². The Labute approximate surface area is 239 Å². The molecule has 0 radical (unpaired) electrons. The van der Waals surface area contributed by atoms with Crippen LogP contribution in [-0.4, -0.2) is 25.1 Å². The van der Waals surface area contributed by atoms with Crippen LogP contribution in [0.25, 0.3) is 61.8 Å². The van der Waals surface area contributed by atoms with E-state index in [-0.39, 0.29) is 0 Å². The van der Waals surface area contributed by atoms with E-state index in [1.54, 1.807) is 6.08 Å². The summed E-state index contributed by atoms with van der Waals surface area (Å²) in [5.74, 6) is 1.80. The van der Waals surface area contributed by atoms with Crippen molar-refractivity contribution in [1.82, 2.24) is 25.1 Å². The molecule has 0 atom stereocenters. The van der Waals surface area contributed by atoms with E-state index in [9.17, 15) is 0 Å². The van der Waals surface area contributed by atoms with E-state index in [0.29, 0.717) is 17.5 Å². The van der Waals surface area contributed by atoms with Gasteiger partial charge in [0.2, 0.25) is 0 Å². The van der Waals surface area contributed by atoms with Crippen molar-refractivity contribution in [2.75, 3.05) is 0 Å². The van der Waals surface area contributed by atoms with Gasteiger partial charge in [0.05, 0.1) is 11.4 Å². The summed E-state index contributed by atoms with van der Waals surface area (Å²) in [7, 11) is 0. The number of benzene rings is 4. The molecule has 41 heavy (non-hydrogen) atoms. The molecule has 0 spiro atoms. The molecule has 0 fully saturated rings. The Morgan fingerprint density at radius 1 is 0.634 bits per heavy atom. The van der Waals surface area contributed by atoms with Crippen molar-refractivity contribution in [1.29, 1.82) is 0 Å². The Balaban J connectivity index is 1.59. The minimum Gasteiger partial charge on any atom is -0.208 e. The largest absolute Gasteiger partial charge is 0.208 e. The van der Waals surface area contributed by atoms with Crippen LogP contribution in [0.1, 0.15) is 12.6 Å². The number of rotatable bonds is 7. The molecule has 0 amide bonds. The SMILES string of the molecule is C=C/C(=C\C=C/C)c1ccc(-c2ccc3ccccc3c2-c2nc(-c3ccccc3)nc(-c3ccccc3)n2)nn1. The van der Waals surface area contributed by atoms with Gasteiger partial charge < -0.3 is 0 Å². The molecule has 2 heterocycles. The molecule has 196 valence electrons. The minimum atomic E-state index is 0.579. The maximum atomic E-state index is 5.03. The first-order valence-electron chi connectivity index (χ1n) is 13.4. The van der Waals surface area contributed by atoms with Gasteiger partial charge in [-0.3, -0.25) is 0 Å². The standard InChI is InChI=1S/C36H27N5/c1-3-5-14-25(4-2)31-23-24-32(41-40-31)30-22-21-26-15-12-13-20-29(26)33(30)36-38-34(27-16-8-6-9-17-27)37-35(39-36)28-18-10-7-11-19-28/h3-24H,2H2,1H3/b5-3-,25-14+. The van der Waals surface area contributed by atoms with Gasteiger partial charge in [-0.25, -0.2) is 15.0 Å².